The highest BCUT2D eigenvalue weighted by Crippen LogP contribution is 2.16. The molecule has 0 aliphatic heterocycles. The Morgan fingerprint density at radius 1 is 1.13 bits per heavy atom. The first-order chi connectivity index (χ1) is 7.40. The molecule has 0 saturated carbocycles. The average Bonchev–Trinajstić information content (AvgIpc) is 2.31. The van der Waals surface area contributed by atoms with Crippen LogP contribution in [0.15, 0.2) is 42.7 Å². The van der Waals surface area contributed by atoms with Gasteiger partial charge in [0.25, 0.3) is 0 Å². The third-order valence-corrected chi connectivity index (χ3v) is 2.06. The molecule has 0 amide bonds. The lowest BCUT2D eigenvalue weighted by Crippen LogP contribution is -2.00. The van der Waals surface area contributed by atoms with Gasteiger partial charge in [0.05, 0.1) is 18.1 Å². The molecule has 1 aromatic heterocycles. The zero-order chi connectivity index (χ0) is 10.5. The van der Waals surface area contributed by atoms with Crippen LogP contribution < -0.4 is 5.32 Å². The lowest BCUT2D eigenvalue weighted by atomic mass is 10.2. The number of rotatable bonds is 3. The second-order valence-corrected chi connectivity index (χ2v) is 3.19. The van der Waals surface area contributed by atoms with E-state index in [9.17, 15) is 0 Å². The Hall–Kier alpha value is -1.90. The fraction of sp³-hybridized carbons (Fsp3) is 0.167. The van der Waals surface area contributed by atoms with Crippen LogP contribution >= 0.6 is 0 Å². The van der Waals surface area contributed by atoms with Crippen LogP contribution in [0.2, 0.25) is 0 Å². The highest BCUT2D eigenvalue weighted by atomic mass is 15.0. The second-order valence-electron chi connectivity index (χ2n) is 3.19. The fourth-order valence-corrected chi connectivity index (χ4v) is 1.38. The minimum Gasteiger partial charge on any atom is -0.369 e. The number of aromatic nitrogens is 2. The number of nitrogens with zero attached hydrogens (tertiary/aromatic N) is 2. The molecule has 76 valence electrons. The SMILES string of the molecule is CCNc1cncc(-c2ccccc2)n1. The molecule has 0 unspecified atom stereocenters. The summed E-state index contributed by atoms with van der Waals surface area (Å²) in [6, 6.07) is 10.0. The van der Waals surface area contributed by atoms with Crippen LogP contribution in [0, 0.1) is 0 Å². The van der Waals surface area contributed by atoms with Gasteiger partial charge in [0.2, 0.25) is 0 Å². The maximum atomic E-state index is 4.46. The molecule has 0 fully saturated rings. The van der Waals surface area contributed by atoms with Gasteiger partial charge >= 0.3 is 0 Å². The van der Waals surface area contributed by atoms with Gasteiger partial charge in [-0.05, 0) is 6.92 Å². The van der Waals surface area contributed by atoms with Crippen molar-refractivity contribution in [2.75, 3.05) is 11.9 Å². The molecule has 1 aromatic carbocycles. The van der Waals surface area contributed by atoms with E-state index in [1.165, 1.54) is 0 Å². The normalized spacial score (nSPS) is 9.93. The Kier molecular flexibility index (Phi) is 2.93. The number of hydrogen-bond donors (Lipinski definition) is 1. The average molecular weight is 199 g/mol. The molecule has 0 saturated heterocycles. The number of nitrogens with one attached hydrogen (secondary N) is 1. The Bertz CT molecular complexity index is 426. The summed E-state index contributed by atoms with van der Waals surface area (Å²) < 4.78 is 0. The van der Waals surface area contributed by atoms with Crippen molar-refractivity contribution in [3.05, 3.63) is 42.7 Å². The molecule has 3 heteroatoms. The minimum absolute atomic E-state index is 0.818. The van der Waals surface area contributed by atoms with Crippen LogP contribution in [-0.2, 0) is 0 Å². The van der Waals surface area contributed by atoms with Gasteiger partial charge in [-0.25, -0.2) is 4.98 Å². The Labute approximate surface area is 89.2 Å². The summed E-state index contributed by atoms with van der Waals surface area (Å²) in [7, 11) is 0. The van der Waals surface area contributed by atoms with Crippen molar-refractivity contribution < 1.29 is 0 Å². The molecule has 0 bridgehead atoms. The Balaban J connectivity index is 2.33. The van der Waals surface area contributed by atoms with Crippen molar-refractivity contribution in [2.24, 2.45) is 0 Å². The van der Waals surface area contributed by atoms with Crippen LogP contribution in [0.1, 0.15) is 6.92 Å². The van der Waals surface area contributed by atoms with Crippen LogP contribution in [0.5, 0.6) is 0 Å². The van der Waals surface area contributed by atoms with Gasteiger partial charge in [-0.2, -0.15) is 0 Å². The van der Waals surface area contributed by atoms with Gasteiger partial charge in [-0.1, -0.05) is 30.3 Å². The monoisotopic (exact) mass is 199 g/mol. The van der Waals surface area contributed by atoms with Crippen molar-refractivity contribution in [3.63, 3.8) is 0 Å². The largest absolute Gasteiger partial charge is 0.369 e. The molecule has 1 N–H and O–H groups in total. The minimum atomic E-state index is 0.818. The standard InChI is InChI=1S/C12H13N3/c1-2-14-12-9-13-8-11(15-12)10-6-4-3-5-7-10/h3-9H,2H2,1H3,(H,14,15). The Morgan fingerprint density at radius 3 is 2.67 bits per heavy atom. The lowest BCUT2D eigenvalue weighted by molar-refractivity contribution is 1.12. The molecule has 0 atom stereocenters. The quantitative estimate of drug-likeness (QED) is 0.825. The molecule has 0 radical (unpaired) electrons. The molecule has 0 aliphatic carbocycles. The first kappa shape index (κ1) is 9.65. The van der Waals surface area contributed by atoms with Crippen molar-refractivity contribution in [2.45, 2.75) is 6.92 Å². The summed E-state index contributed by atoms with van der Waals surface area (Å²) in [5.41, 5.74) is 1.99. The van der Waals surface area contributed by atoms with Gasteiger partial charge in [-0.15, -0.1) is 0 Å². The molecule has 0 aliphatic rings. The summed E-state index contributed by atoms with van der Waals surface area (Å²) in [5, 5.41) is 3.14. The summed E-state index contributed by atoms with van der Waals surface area (Å²) in [6.07, 6.45) is 3.51. The molecule has 2 rings (SSSR count). The first-order valence-corrected chi connectivity index (χ1v) is 5.01. The summed E-state index contributed by atoms with van der Waals surface area (Å²) in [6.45, 7) is 2.89. The van der Waals surface area contributed by atoms with Crippen molar-refractivity contribution in [3.8, 4) is 11.3 Å². The van der Waals surface area contributed by atoms with E-state index < -0.39 is 0 Å². The van der Waals surface area contributed by atoms with Gasteiger partial charge in [0.1, 0.15) is 5.82 Å². The van der Waals surface area contributed by atoms with E-state index in [1.807, 2.05) is 37.3 Å². The van der Waals surface area contributed by atoms with E-state index >= 15 is 0 Å². The number of hydrogen-bond acceptors (Lipinski definition) is 3. The van der Waals surface area contributed by atoms with Crippen LogP contribution in [0.4, 0.5) is 5.82 Å². The summed E-state index contributed by atoms with van der Waals surface area (Å²) in [5.74, 6) is 0.818. The molecule has 0 spiro atoms. The third-order valence-electron chi connectivity index (χ3n) is 2.06. The van der Waals surface area contributed by atoms with E-state index in [0.717, 1.165) is 23.6 Å². The topological polar surface area (TPSA) is 37.8 Å². The highest BCUT2D eigenvalue weighted by Gasteiger charge is 1.99. The summed E-state index contributed by atoms with van der Waals surface area (Å²) >= 11 is 0. The van der Waals surface area contributed by atoms with E-state index in [2.05, 4.69) is 15.3 Å². The molecule has 3 nitrogen and oxygen atoms in total. The van der Waals surface area contributed by atoms with Crippen LogP contribution in [-0.4, -0.2) is 16.5 Å². The molecular weight excluding hydrogens is 186 g/mol. The zero-order valence-corrected chi connectivity index (χ0v) is 8.64. The van der Waals surface area contributed by atoms with E-state index in [1.54, 1.807) is 12.4 Å². The Morgan fingerprint density at radius 2 is 1.93 bits per heavy atom. The van der Waals surface area contributed by atoms with Gasteiger partial charge in [0, 0.05) is 12.1 Å². The van der Waals surface area contributed by atoms with E-state index in [0.29, 0.717) is 0 Å². The smallest absolute Gasteiger partial charge is 0.145 e. The van der Waals surface area contributed by atoms with Gasteiger partial charge < -0.3 is 5.32 Å². The van der Waals surface area contributed by atoms with Crippen molar-refractivity contribution in [1.82, 2.24) is 9.97 Å². The molecule has 1 heterocycles. The number of benzene rings is 1. The predicted molar refractivity (Wildman–Crippen MR) is 61.6 cm³/mol. The molecule has 2 aromatic rings. The maximum Gasteiger partial charge on any atom is 0.145 e. The lowest BCUT2D eigenvalue weighted by Gasteiger charge is -2.04. The fourth-order valence-electron chi connectivity index (χ4n) is 1.38. The van der Waals surface area contributed by atoms with Crippen LogP contribution in [0.3, 0.4) is 0 Å². The van der Waals surface area contributed by atoms with Crippen LogP contribution in [0.25, 0.3) is 11.3 Å². The molecule has 15 heavy (non-hydrogen) atoms. The van der Waals surface area contributed by atoms with Crippen molar-refractivity contribution >= 4 is 5.82 Å². The van der Waals surface area contributed by atoms with Gasteiger partial charge in [0.15, 0.2) is 0 Å². The maximum absolute atomic E-state index is 4.46. The summed E-state index contributed by atoms with van der Waals surface area (Å²) in [4.78, 5) is 8.61. The number of anilines is 1. The van der Waals surface area contributed by atoms with Gasteiger partial charge in [-0.3, -0.25) is 4.98 Å². The van der Waals surface area contributed by atoms with E-state index in [4.69, 9.17) is 0 Å². The zero-order valence-electron chi connectivity index (χ0n) is 8.64. The predicted octanol–water partition coefficient (Wildman–Crippen LogP) is 2.58. The first-order valence-electron chi connectivity index (χ1n) is 5.01. The highest BCUT2D eigenvalue weighted by molar-refractivity contribution is 5.59. The molecular formula is C12H13N3. The third kappa shape index (κ3) is 2.31. The van der Waals surface area contributed by atoms with E-state index in [-0.39, 0.29) is 0 Å². The van der Waals surface area contributed by atoms with Crippen molar-refractivity contribution in [1.29, 1.82) is 0 Å². The second kappa shape index (κ2) is 4.55.